The van der Waals surface area contributed by atoms with Gasteiger partial charge in [-0.05, 0) is 54.8 Å². The van der Waals surface area contributed by atoms with E-state index in [9.17, 15) is 14.7 Å². The van der Waals surface area contributed by atoms with E-state index in [0.717, 1.165) is 22.9 Å². The van der Waals surface area contributed by atoms with Crippen LogP contribution in [0.2, 0.25) is 10.0 Å². The molecule has 3 aromatic carbocycles. The van der Waals surface area contributed by atoms with Crippen molar-refractivity contribution in [2.75, 3.05) is 11.4 Å². The summed E-state index contributed by atoms with van der Waals surface area (Å²) in [6.07, 6.45) is 3.02. The Balaban J connectivity index is 1.36. The van der Waals surface area contributed by atoms with E-state index in [1.54, 1.807) is 47.4 Å². The average Bonchev–Trinajstić information content (AvgIpc) is 3.31. The number of rotatable bonds is 7. The zero-order chi connectivity index (χ0) is 23.9. The summed E-state index contributed by atoms with van der Waals surface area (Å²) in [6, 6.07) is 19.3. The van der Waals surface area contributed by atoms with Crippen LogP contribution in [0.15, 0.2) is 72.9 Å². The van der Waals surface area contributed by atoms with E-state index in [1.165, 1.54) is 0 Å². The summed E-state index contributed by atoms with van der Waals surface area (Å²) in [7, 11) is 0. The highest BCUT2D eigenvalue weighted by Gasteiger charge is 2.50. The van der Waals surface area contributed by atoms with Gasteiger partial charge in [-0.2, -0.15) is 0 Å². The first-order valence-corrected chi connectivity index (χ1v) is 11.8. The van der Waals surface area contributed by atoms with Gasteiger partial charge in [0.1, 0.15) is 0 Å². The topological polar surface area (TPSA) is 73.4 Å². The number of nitrogens with zero attached hydrogens (tertiary/aromatic N) is 1. The second kappa shape index (κ2) is 8.91. The zero-order valence-corrected chi connectivity index (χ0v) is 19.7. The predicted octanol–water partition coefficient (Wildman–Crippen LogP) is 5.91. The van der Waals surface area contributed by atoms with Crippen molar-refractivity contribution >= 4 is 51.5 Å². The fourth-order valence-electron chi connectivity index (χ4n) is 4.68. The number of H-pyrrole nitrogens is 1. The lowest BCUT2D eigenvalue weighted by molar-refractivity contribution is -0.135. The second-order valence-corrected chi connectivity index (χ2v) is 9.42. The molecule has 172 valence electrons. The summed E-state index contributed by atoms with van der Waals surface area (Å²) < 4.78 is 0. The van der Waals surface area contributed by atoms with Crippen LogP contribution in [0.3, 0.4) is 0 Å². The van der Waals surface area contributed by atoms with Crippen LogP contribution < -0.4 is 4.90 Å². The van der Waals surface area contributed by atoms with Gasteiger partial charge in [-0.15, -0.1) is 0 Å². The van der Waals surface area contributed by atoms with Gasteiger partial charge in [-0.1, -0.05) is 53.5 Å². The van der Waals surface area contributed by atoms with Crippen molar-refractivity contribution in [2.24, 2.45) is 0 Å². The molecule has 7 heteroatoms. The molecule has 0 radical (unpaired) electrons. The molecule has 1 unspecified atom stereocenters. The molecule has 1 atom stereocenters. The molecule has 0 saturated carbocycles. The minimum Gasteiger partial charge on any atom is -0.375 e. The Morgan fingerprint density at radius 3 is 2.62 bits per heavy atom. The van der Waals surface area contributed by atoms with Crippen LogP contribution >= 0.6 is 23.2 Å². The number of nitrogens with one attached hydrogen (secondary N) is 1. The summed E-state index contributed by atoms with van der Waals surface area (Å²) in [4.78, 5) is 31.2. The van der Waals surface area contributed by atoms with Crippen molar-refractivity contribution < 1.29 is 14.7 Å². The van der Waals surface area contributed by atoms with E-state index >= 15 is 0 Å². The van der Waals surface area contributed by atoms with Gasteiger partial charge in [0.2, 0.25) is 0 Å². The van der Waals surface area contributed by atoms with E-state index < -0.39 is 11.5 Å². The van der Waals surface area contributed by atoms with Gasteiger partial charge in [0.15, 0.2) is 11.4 Å². The number of carbonyl (C=O) groups is 2. The van der Waals surface area contributed by atoms with Gasteiger partial charge in [-0.25, -0.2) is 0 Å². The van der Waals surface area contributed by atoms with Crippen molar-refractivity contribution in [2.45, 2.75) is 24.9 Å². The Bertz CT molecular complexity index is 1410. The molecule has 1 aromatic heterocycles. The number of anilines is 1. The number of carbonyl (C=O) groups excluding carboxylic acids is 2. The summed E-state index contributed by atoms with van der Waals surface area (Å²) in [5, 5.41) is 13.6. The van der Waals surface area contributed by atoms with Crippen LogP contribution in [0, 0.1) is 0 Å². The Morgan fingerprint density at radius 1 is 1.00 bits per heavy atom. The van der Waals surface area contributed by atoms with Crippen molar-refractivity contribution in [3.05, 3.63) is 99.7 Å². The number of hydrogen-bond donors (Lipinski definition) is 2. The minimum absolute atomic E-state index is 0.342. The normalized spacial score (nSPS) is 17.4. The standard InChI is InChI=1S/C27H22Cl2N2O3/c28-19-7-3-5-17(13-19)25(32)15-27(34)22-8-1-2-9-24(22)31(26(27)33)12-4-6-18-16-30-23-11-10-20(29)14-21(18)23/h1-3,5,7-11,13-14,16,30,34H,4,6,12,15H2. The molecule has 0 bridgehead atoms. The molecule has 5 rings (SSSR count). The highest BCUT2D eigenvalue weighted by molar-refractivity contribution is 6.31. The van der Waals surface area contributed by atoms with Crippen LogP contribution in [-0.4, -0.2) is 28.3 Å². The Morgan fingerprint density at radius 2 is 1.79 bits per heavy atom. The zero-order valence-electron chi connectivity index (χ0n) is 18.2. The number of ketones is 1. The first-order valence-electron chi connectivity index (χ1n) is 11.0. The summed E-state index contributed by atoms with van der Waals surface area (Å²) in [6.45, 7) is 0.413. The predicted molar refractivity (Wildman–Crippen MR) is 135 cm³/mol. The van der Waals surface area contributed by atoms with Crippen molar-refractivity contribution in [3.8, 4) is 0 Å². The van der Waals surface area contributed by atoms with E-state index in [1.807, 2.05) is 30.5 Å². The highest BCUT2D eigenvalue weighted by atomic mass is 35.5. The SMILES string of the molecule is O=C(CC1(O)C(=O)N(CCCc2c[nH]c3ccc(Cl)cc23)c2ccccc21)c1cccc(Cl)c1. The van der Waals surface area contributed by atoms with Crippen molar-refractivity contribution in [1.82, 2.24) is 4.98 Å². The van der Waals surface area contributed by atoms with Gasteiger partial charge < -0.3 is 15.0 Å². The van der Waals surface area contributed by atoms with Crippen LogP contribution in [0.5, 0.6) is 0 Å². The summed E-state index contributed by atoms with van der Waals surface area (Å²) in [5.41, 5.74) is 1.66. The number of benzene rings is 3. The van der Waals surface area contributed by atoms with Gasteiger partial charge >= 0.3 is 0 Å². The molecule has 34 heavy (non-hydrogen) atoms. The van der Waals surface area contributed by atoms with Gasteiger partial charge in [0.25, 0.3) is 5.91 Å². The third-order valence-electron chi connectivity index (χ3n) is 6.36. The summed E-state index contributed by atoms with van der Waals surface area (Å²) in [5.74, 6) is -0.822. The van der Waals surface area contributed by atoms with E-state index in [0.29, 0.717) is 39.8 Å². The van der Waals surface area contributed by atoms with Crippen LogP contribution in [0.1, 0.15) is 34.3 Å². The molecular formula is C27H22Cl2N2O3. The number of fused-ring (bicyclic) bond motifs is 2. The number of Topliss-reactive ketones (excluding diaryl/α,β-unsaturated/α-hetero) is 1. The van der Waals surface area contributed by atoms with Crippen molar-refractivity contribution in [3.63, 3.8) is 0 Å². The molecule has 0 saturated heterocycles. The number of halogens is 2. The fraction of sp³-hybridized carbons (Fsp3) is 0.185. The lowest BCUT2D eigenvalue weighted by atomic mass is 9.88. The van der Waals surface area contributed by atoms with E-state index in [4.69, 9.17) is 23.2 Å². The van der Waals surface area contributed by atoms with Gasteiger partial charge in [-0.3, -0.25) is 9.59 Å². The monoisotopic (exact) mass is 492 g/mol. The van der Waals surface area contributed by atoms with Crippen LogP contribution in [-0.2, 0) is 16.8 Å². The third-order valence-corrected chi connectivity index (χ3v) is 6.83. The van der Waals surface area contributed by atoms with Gasteiger partial charge in [0.05, 0.1) is 12.1 Å². The Kier molecular flexibility index (Phi) is 5.94. The molecule has 4 aromatic rings. The molecule has 5 nitrogen and oxygen atoms in total. The number of aryl methyl sites for hydroxylation is 1. The van der Waals surface area contributed by atoms with Crippen molar-refractivity contribution in [1.29, 1.82) is 0 Å². The first kappa shape index (κ1) is 22.7. The Hall–Kier alpha value is -3.12. The number of amides is 1. The first-order chi connectivity index (χ1) is 16.4. The number of aromatic nitrogens is 1. The van der Waals surface area contributed by atoms with Crippen LogP contribution in [0.25, 0.3) is 10.9 Å². The summed E-state index contributed by atoms with van der Waals surface area (Å²) >= 11 is 12.2. The molecule has 2 N–H and O–H groups in total. The maximum atomic E-state index is 13.4. The quantitative estimate of drug-likeness (QED) is 0.314. The number of aromatic amines is 1. The molecule has 1 amide bonds. The molecule has 1 aliphatic rings. The fourth-order valence-corrected chi connectivity index (χ4v) is 5.04. The maximum Gasteiger partial charge on any atom is 0.264 e. The third kappa shape index (κ3) is 4.00. The molecule has 0 spiro atoms. The maximum absolute atomic E-state index is 13.4. The lowest BCUT2D eigenvalue weighted by Gasteiger charge is -2.23. The molecular weight excluding hydrogens is 471 g/mol. The van der Waals surface area contributed by atoms with Gasteiger partial charge in [0, 0.05) is 44.8 Å². The molecule has 0 fully saturated rings. The van der Waals surface area contributed by atoms with E-state index in [2.05, 4.69) is 4.98 Å². The smallest absolute Gasteiger partial charge is 0.264 e. The number of para-hydroxylation sites is 1. The molecule has 0 aliphatic carbocycles. The Labute approximate surface area is 206 Å². The minimum atomic E-state index is -1.91. The number of aliphatic hydroxyl groups is 1. The molecule has 1 aliphatic heterocycles. The lowest BCUT2D eigenvalue weighted by Crippen LogP contribution is -2.42. The van der Waals surface area contributed by atoms with E-state index in [-0.39, 0.29) is 12.2 Å². The highest BCUT2D eigenvalue weighted by Crippen LogP contribution is 2.43. The largest absolute Gasteiger partial charge is 0.375 e. The number of hydrogen-bond acceptors (Lipinski definition) is 3. The molecule has 2 heterocycles. The second-order valence-electron chi connectivity index (χ2n) is 8.55. The average molecular weight is 493 g/mol. The van der Waals surface area contributed by atoms with Crippen LogP contribution in [0.4, 0.5) is 5.69 Å².